The van der Waals surface area contributed by atoms with Crippen LogP contribution in [0.25, 0.3) is 0 Å². The largest absolute Gasteiger partial charge is 0.481 e. The Hall–Kier alpha value is -1.13. The summed E-state index contributed by atoms with van der Waals surface area (Å²) in [5.41, 5.74) is 0.510. The zero-order valence-electron chi connectivity index (χ0n) is 9.81. The van der Waals surface area contributed by atoms with Gasteiger partial charge in [0.1, 0.15) is 0 Å². The van der Waals surface area contributed by atoms with Gasteiger partial charge >= 0.3 is 0 Å². The Morgan fingerprint density at radius 2 is 2.25 bits per heavy atom. The molecule has 0 atom stereocenters. The predicted octanol–water partition coefficient (Wildman–Crippen LogP) is 1.05. The van der Waals surface area contributed by atoms with Gasteiger partial charge in [-0.25, -0.2) is 4.98 Å². The molecule has 1 aliphatic heterocycles. The van der Waals surface area contributed by atoms with Crippen LogP contribution in [0.15, 0.2) is 18.2 Å². The molecule has 0 aromatic carbocycles. The van der Waals surface area contributed by atoms with E-state index in [-0.39, 0.29) is 0 Å². The van der Waals surface area contributed by atoms with Crippen LogP contribution in [0.3, 0.4) is 0 Å². The van der Waals surface area contributed by atoms with Crippen LogP contribution in [0.4, 0.5) is 0 Å². The summed E-state index contributed by atoms with van der Waals surface area (Å²) in [5, 5.41) is 9.88. The first-order chi connectivity index (χ1) is 7.65. The average Bonchev–Trinajstić information content (AvgIpc) is 2.27. The third kappa shape index (κ3) is 2.33. The lowest BCUT2D eigenvalue weighted by molar-refractivity contribution is -0.103. The lowest BCUT2D eigenvalue weighted by Crippen LogP contribution is -2.60. The van der Waals surface area contributed by atoms with Crippen LogP contribution in [0.2, 0.25) is 0 Å². The molecule has 0 saturated carbocycles. The molecule has 1 aromatic rings. The molecule has 1 aromatic heterocycles. The minimum absolute atomic E-state index is 0.473. The predicted molar refractivity (Wildman–Crippen MR) is 61.3 cm³/mol. The molecule has 2 heterocycles. The van der Waals surface area contributed by atoms with Gasteiger partial charge in [0.2, 0.25) is 5.88 Å². The van der Waals surface area contributed by atoms with Gasteiger partial charge in [-0.1, -0.05) is 13.0 Å². The Balaban J connectivity index is 1.91. The number of hydrogen-bond donors (Lipinski definition) is 1. The molecule has 88 valence electrons. The van der Waals surface area contributed by atoms with Crippen molar-refractivity contribution in [3.05, 3.63) is 23.9 Å². The third-order valence-electron chi connectivity index (χ3n) is 3.07. The van der Waals surface area contributed by atoms with Crippen molar-refractivity contribution < 1.29 is 9.84 Å². The molecule has 0 bridgehead atoms. The number of hydrogen-bond acceptors (Lipinski definition) is 4. The first-order valence-electron chi connectivity index (χ1n) is 5.60. The van der Waals surface area contributed by atoms with Crippen molar-refractivity contribution in [2.75, 3.05) is 20.2 Å². The van der Waals surface area contributed by atoms with Gasteiger partial charge in [0, 0.05) is 25.7 Å². The zero-order chi connectivity index (χ0) is 11.6. The smallest absolute Gasteiger partial charge is 0.213 e. The molecule has 4 nitrogen and oxygen atoms in total. The quantitative estimate of drug-likeness (QED) is 0.827. The summed E-state index contributed by atoms with van der Waals surface area (Å²) in [6, 6.07) is 5.75. The van der Waals surface area contributed by atoms with Gasteiger partial charge in [-0.15, -0.1) is 0 Å². The Kier molecular flexibility index (Phi) is 3.12. The van der Waals surface area contributed by atoms with Crippen molar-refractivity contribution in [2.24, 2.45) is 0 Å². The van der Waals surface area contributed by atoms with Crippen molar-refractivity contribution in [2.45, 2.75) is 25.5 Å². The second-order valence-corrected chi connectivity index (χ2v) is 4.39. The fourth-order valence-electron chi connectivity index (χ4n) is 2.01. The van der Waals surface area contributed by atoms with E-state index in [0.29, 0.717) is 5.88 Å². The summed E-state index contributed by atoms with van der Waals surface area (Å²) in [5.74, 6) is 0.642. The molecule has 0 aliphatic carbocycles. The number of likely N-dealkylation sites (tertiary alicyclic amines) is 1. The second kappa shape index (κ2) is 4.39. The number of pyridine rings is 1. The van der Waals surface area contributed by atoms with Crippen LogP contribution in [-0.2, 0) is 6.54 Å². The lowest BCUT2D eigenvalue weighted by Gasteiger charge is -2.46. The highest BCUT2D eigenvalue weighted by Crippen LogP contribution is 2.25. The van der Waals surface area contributed by atoms with Crippen molar-refractivity contribution in [3.63, 3.8) is 0 Å². The normalized spacial score (nSPS) is 19.2. The van der Waals surface area contributed by atoms with Crippen molar-refractivity contribution in [1.82, 2.24) is 9.88 Å². The molecule has 1 fully saturated rings. The number of β-amino-alcohol motifs (C(OH)–C–C–N with tert-alkyl or cyclic N) is 1. The Morgan fingerprint density at radius 1 is 1.50 bits per heavy atom. The van der Waals surface area contributed by atoms with E-state index in [2.05, 4.69) is 9.88 Å². The highest BCUT2D eigenvalue weighted by atomic mass is 16.5. The molecule has 0 unspecified atom stereocenters. The van der Waals surface area contributed by atoms with Crippen molar-refractivity contribution >= 4 is 0 Å². The zero-order valence-corrected chi connectivity index (χ0v) is 9.81. The minimum atomic E-state index is -0.473. The molecular weight excluding hydrogens is 204 g/mol. The monoisotopic (exact) mass is 222 g/mol. The van der Waals surface area contributed by atoms with Gasteiger partial charge in [0.05, 0.1) is 18.4 Å². The maximum Gasteiger partial charge on any atom is 0.213 e. The van der Waals surface area contributed by atoms with Crippen LogP contribution in [0.5, 0.6) is 5.88 Å². The van der Waals surface area contributed by atoms with Crippen molar-refractivity contribution in [1.29, 1.82) is 0 Å². The van der Waals surface area contributed by atoms with Gasteiger partial charge in [-0.3, -0.25) is 4.90 Å². The van der Waals surface area contributed by atoms with Crippen LogP contribution in [0, 0.1) is 0 Å². The molecule has 0 spiro atoms. The maximum absolute atomic E-state index is 9.88. The number of methoxy groups -OCH3 is 1. The summed E-state index contributed by atoms with van der Waals surface area (Å²) >= 11 is 0. The third-order valence-corrected chi connectivity index (χ3v) is 3.07. The molecular formula is C12H18N2O2. The summed E-state index contributed by atoms with van der Waals surface area (Å²) in [6.45, 7) is 4.27. The number of aromatic nitrogens is 1. The number of aliphatic hydroxyl groups is 1. The molecule has 2 rings (SSSR count). The van der Waals surface area contributed by atoms with Gasteiger partial charge in [0.15, 0.2) is 0 Å². The molecule has 4 heteroatoms. The molecule has 0 amide bonds. The summed E-state index contributed by atoms with van der Waals surface area (Å²) in [4.78, 5) is 6.53. The molecule has 0 radical (unpaired) electrons. The second-order valence-electron chi connectivity index (χ2n) is 4.39. The Labute approximate surface area is 95.9 Å². The highest BCUT2D eigenvalue weighted by Gasteiger charge is 2.39. The summed E-state index contributed by atoms with van der Waals surface area (Å²) in [6.07, 6.45) is 0.815. The molecule has 1 aliphatic rings. The minimum Gasteiger partial charge on any atom is -0.481 e. The molecule has 1 saturated heterocycles. The van der Waals surface area contributed by atoms with Crippen LogP contribution in [0.1, 0.15) is 19.0 Å². The number of nitrogens with zero attached hydrogens (tertiary/aromatic N) is 2. The van der Waals surface area contributed by atoms with Crippen LogP contribution < -0.4 is 4.74 Å². The van der Waals surface area contributed by atoms with Crippen molar-refractivity contribution in [3.8, 4) is 5.88 Å². The molecule has 16 heavy (non-hydrogen) atoms. The SMILES string of the molecule is CCC1(O)CN(Cc2cccc(OC)n2)C1. The van der Waals surface area contributed by atoms with Crippen LogP contribution in [-0.4, -0.2) is 40.8 Å². The first-order valence-corrected chi connectivity index (χ1v) is 5.60. The van der Waals surface area contributed by atoms with Gasteiger partial charge < -0.3 is 9.84 Å². The van der Waals surface area contributed by atoms with Crippen LogP contribution >= 0.6 is 0 Å². The van der Waals surface area contributed by atoms with E-state index < -0.39 is 5.60 Å². The van der Waals surface area contributed by atoms with Gasteiger partial charge in [0.25, 0.3) is 0 Å². The van der Waals surface area contributed by atoms with E-state index in [4.69, 9.17) is 4.74 Å². The Morgan fingerprint density at radius 3 is 2.88 bits per heavy atom. The van der Waals surface area contributed by atoms with E-state index in [9.17, 15) is 5.11 Å². The van der Waals surface area contributed by atoms with Gasteiger partial charge in [-0.2, -0.15) is 0 Å². The summed E-state index contributed by atoms with van der Waals surface area (Å²) < 4.78 is 5.07. The van der Waals surface area contributed by atoms with E-state index in [1.54, 1.807) is 7.11 Å². The lowest BCUT2D eigenvalue weighted by atomic mass is 9.91. The van der Waals surface area contributed by atoms with E-state index >= 15 is 0 Å². The number of rotatable bonds is 4. The average molecular weight is 222 g/mol. The molecule has 1 N–H and O–H groups in total. The highest BCUT2D eigenvalue weighted by molar-refractivity contribution is 5.16. The van der Waals surface area contributed by atoms with Gasteiger partial charge in [-0.05, 0) is 12.5 Å². The topological polar surface area (TPSA) is 45.6 Å². The fourth-order valence-corrected chi connectivity index (χ4v) is 2.01. The fraction of sp³-hybridized carbons (Fsp3) is 0.583. The maximum atomic E-state index is 9.88. The Bertz CT molecular complexity index is 362. The van der Waals surface area contributed by atoms with E-state index in [1.807, 2.05) is 25.1 Å². The first kappa shape index (κ1) is 11.4. The van der Waals surface area contributed by atoms with E-state index in [0.717, 1.165) is 31.7 Å². The van der Waals surface area contributed by atoms with E-state index in [1.165, 1.54) is 0 Å². The number of ether oxygens (including phenoxy) is 1. The summed E-state index contributed by atoms with van der Waals surface area (Å²) in [7, 11) is 1.62. The standard InChI is InChI=1S/C12H18N2O2/c1-3-12(15)8-14(9-12)7-10-5-4-6-11(13-10)16-2/h4-6,15H,3,7-9H2,1-2H3.